The number of carbonyl (C=O) groups is 1. The highest BCUT2D eigenvalue weighted by molar-refractivity contribution is 5.74. The fraction of sp³-hybridized carbons (Fsp3) is 0.714. The zero-order chi connectivity index (χ0) is 29.4. The van der Waals surface area contributed by atoms with Crippen LogP contribution in [-0.4, -0.2) is 16.1 Å². The van der Waals surface area contributed by atoms with Gasteiger partial charge in [0.25, 0.3) is 0 Å². The topological polar surface area (TPSA) is 44.3 Å². The lowest BCUT2D eigenvalue weighted by atomic mass is 9.83. The van der Waals surface area contributed by atoms with Crippen LogP contribution < -0.4 is 14.0 Å². The van der Waals surface area contributed by atoms with Crippen LogP contribution in [0.15, 0.2) is 18.7 Å². The Hall–Kier alpha value is -2.30. The van der Waals surface area contributed by atoms with Crippen LogP contribution in [-0.2, 0) is 24.8 Å². The molecule has 0 saturated carbocycles. The highest BCUT2D eigenvalue weighted by atomic mass is 16.5. The van der Waals surface area contributed by atoms with Gasteiger partial charge >= 0.3 is 5.97 Å². The van der Waals surface area contributed by atoms with E-state index in [1.807, 2.05) is 41.8 Å². The molecule has 0 aliphatic carbocycles. The summed E-state index contributed by atoms with van der Waals surface area (Å²) in [6, 6.07) is 0. The average molecular weight is 554 g/mol. The van der Waals surface area contributed by atoms with E-state index in [2.05, 4.69) is 48.5 Å². The third-order valence-electron chi connectivity index (χ3n) is 9.19. The van der Waals surface area contributed by atoms with Gasteiger partial charge in [-0.1, -0.05) is 72.6 Å². The second kappa shape index (κ2) is 14.5. The molecular weight excluding hydrogens is 496 g/mol. The van der Waals surface area contributed by atoms with E-state index in [9.17, 15) is 4.79 Å². The molecule has 0 radical (unpaired) electrons. The standard InChI is InChI=1S/C35H57N2O3/c1-25(2)13-10-14-26(3)15-11-16-27(4)17-12-19-35(8)20-18-31-30(7)33(28(5)29(6)34(31)40-35)39-32(38)23-37-22-21-36(9)24-37/h21-22,24-27H,10-20,23H2,1-9H3/q+1/t26-,27-,35-/m1/s1. The molecule has 0 fully saturated rings. The quantitative estimate of drug-likeness (QED) is 0.126. The van der Waals surface area contributed by atoms with E-state index in [1.54, 1.807) is 0 Å². The highest BCUT2D eigenvalue weighted by Crippen LogP contribution is 2.45. The minimum absolute atomic E-state index is 0.135. The van der Waals surface area contributed by atoms with Gasteiger partial charge < -0.3 is 9.47 Å². The van der Waals surface area contributed by atoms with Crippen molar-refractivity contribution in [3.05, 3.63) is 41.0 Å². The SMILES string of the molecule is Cc1c(C)c2c(c(C)c1OC(=O)Cn1cc[n+](C)c1)CC[C@@](C)(CCC[C@H](C)CCC[C@H](C)CCCC(C)C)O2. The van der Waals surface area contributed by atoms with Gasteiger partial charge in [-0.15, -0.1) is 0 Å². The lowest BCUT2D eigenvalue weighted by Crippen LogP contribution is -2.37. The highest BCUT2D eigenvalue weighted by Gasteiger charge is 2.35. The van der Waals surface area contributed by atoms with Gasteiger partial charge in [0.2, 0.25) is 6.33 Å². The smallest absolute Gasteiger partial charge is 0.353 e. The lowest BCUT2D eigenvalue weighted by molar-refractivity contribution is -0.671. The van der Waals surface area contributed by atoms with E-state index in [-0.39, 0.29) is 18.1 Å². The van der Waals surface area contributed by atoms with Crippen molar-refractivity contribution < 1.29 is 18.8 Å². The molecular formula is C35H57N2O3+. The summed E-state index contributed by atoms with van der Waals surface area (Å²) in [6.07, 6.45) is 19.4. The van der Waals surface area contributed by atoms with Crippen LogP contribution in [0, 0.1) is 38.5 Å². The molecule has 2 heterocycles. The van der Waals surface area contributed by atoms with Crippen molar-refractivity contribution in [2.24, 2.45) is 24.8 Å². The number of carbonyl (C=O) groups excluding carboxylic acids is 1. The summed E-state index contributed by atoms with van der Waals surface area (Å²) in [5.74, 6) is 3.94. The number of ether oxygens (including phenoxy) is 2. The first-order valence-corrected chi connectivity index (χ1v) is 15.9. The Labute approximate surface area is 244 Å². The van der Waals surface area contributed by atoms with E-state index < -0.39 is 0 Å². The van der Waals surface area contributed by atoms with E-state index in [0.717, 1.165) is 59.5 Å². The molecule has 5 heteroatoms. The third kappa shape index (κ3) is 9.11. The van der Waals surface area contributed by atoms with Gasteiger partial charge in [-0.2, -0.15) is 0 Å². The lowest BCUT2D eigenvalue weighted by Gasteiger charge is -2.38. The molecule has 1 aromatic carbocycles. The zero-order valence-corrected chi connectivity index (χ0v) is 27.1. The predicted molar refractivity (Wildman–Crippen MR) is 164 cm³/mol. The summed E-state index contributed by atoms with van der Waals surface area (Å²) in [6.45, 7) is 18.2. The molecule has 3 atom stereocenters. The Morgan fingerprint density at radius 3 is 2.20 bits per heavy atom. The molecule has 2 aromatic rings. The summed E-state index contributed by atoms with van der Waals surface area (Å²) in [7, 11) is 1.94. The van der Waals surface area contributed by atoms with Crippen LogP contribution in [0.4, 0.5) is 0 Å². The van der Waals surface area contributed by atoms with Crippen molar-refractivity contribution in [1.29, 1.82) is 0 Å². The number of fused-ring (bicyclic) bond motifs is 1. The van der Waals surface area contributed by atoms with Crippen molar-refractivity contribution in [2.75, 3.05) is 0 Å². The Bertz CT molecular complexity index is 1120. The largest absolute Gasteiger partial charge is 0.487 e. The first-order valence-electron chi connectivity index (χ1n) is 15.9. The number of benzene rings is 1. The maximum absolute atomic E-state index is 12.7. The van der Waals surface area contributed by atoms with Gasteiger partial charge in [0.15, 0.2) is 6.54 Å². The zero-order valence-electron chi connectivity index (χ0n) is 27.1. The Kier molecular flexibility index (Phi) is 11.7. The van der Waals surface area contributed by atoms with Crippen LogP contribution in [0.25, 0.3) is 0 Å². The molecule has 0 saturated heterocycles. The molecule has 5 nitrogen and oxygen atoms in total. The monoisotopic (exact) mass is 553 g/mol. The van der Waals surface area contributed by atoms with Crippen molar-refractivity contribution in [2.45, 2.75) is 138 Å². The maximum atomic E-state index is 12.7. The Balaban J connectivity index is 1.50. The molecule has 40 heavy (non-hydrogen) atoms. The number of imidazole rings is 1. The van der Waals surface area contributed by atoms with Crippen LogP contribution in [0.2, 0.25) is 0 Å². The number of hydrogen-bond donors (Lipinski definition) is 0. The summed E-state index contributed by atoms with van der Waals surface area (Å²) < 4.78 is 16.5. The van der Waals surface area contributed by atoms with Gasteiger partial charge in [0, 0.05) is 5.56 Å². The molecule has 224 valence electrons. The van der Waals surface area contributed by atoms with E-state index in [4.69, 9.17) is 9.47 Å². The average Bonchev–Trinajstić information content (AvgIpc) is 3.29. The molecule has 0 bridgehead atoms. The molecule has 1 aliphatic heterocycles. The van der Waals surface area contributed by atoms with Gasteiger partial charge in [0.05, 0.1) is 7.05 Å². The van der Waals surface area contributed by atoms with E-state index in [0.29, 0.717) is 5.75 Å². The number of aromatic nitrogens is 2. The maximum Gasteiger partial charge on any atom is 0.353 e. The number of esters is 1. The van der Waals surface area contributed by atoms with E-state index >= 15 is 0 Å². The van der Waals surface area contributed by atoms with Crippen LogP contribution in [0.5, 0.6) is 11.5 Å². The van der Waals surface area contributed by atoms with E-state index in [1.165, 1.54) is 56.9 Å². The van der Waals surface area contributed by atoms with Gasteiger partial charge in [-0.05, 0) is 87.8 Å². The summed E-state index contributed by atoms with van der Waals surface area (Å²) >= 11 is 0. The molecule has 0 spiro atoms. The second-order valence-electron chi connectivity index (χ2n) is 13.6. The third-order valence-corrected chi connectivity index (χ3v) is 9.19. The molecule has 0 N–H and O–H groups in total. The van der Waals surface area contributed by atoms with Crippen LogP contribution >= 0.6 is 0 Å². The molecule has 0 amide bonds. The summed E-state index contributed by atoms with van der Waals surface area (Å²) in [5, 5.41) is 0. The number of nitrogens with zero attached hydrogens (tertiary/aromatic N) is 2. The van der Waals surface area contributed by atoms with Gasteiger partial charge in [0.1, 0.15) is 29.5 Å². The predicted octanol–water partition coefficient (Wildman–Crippen LogP) is 8.37. The fourth-order valence-corrected chi connectivity index (χ4v) is 6.30. The first kappa shape index (κ1) is 32.2. The normalized spacial score (nSPS) is 18.4. The van der Waals surface area contributed by atoms with Crippen LogP contribution in [0.3, 0.4) is 0 Å². The van der Waals surface area contributed by atoms with Gasteiger partial charge in [-0.3, -0.25) is 0 Å². The molecule has 1 aromatic heterocycles. The molecule has 1 aliphatic rings. The minimum atomic E-state index is -0.252. The Morgan fingerprint density at radius 1 is 0.975 bits per heavy atom. The van der Waals surface area contributed by atoms with Crippen molar-refractivity contribution >= 4 is 5.97 Å². The molecule has 3 rings (SSSR count). The van der Waals surface area contributed by atoms with Gasteiger partial charge in [-0.25, -0.2) is 13.9 Å². The van der Waals surface area contributed by atoms with Crippen LogP contribution in [0.1, 0.15) is 121 Å². The summed E-state index contributed by atoms with van der Waals surface area (Å²) in [4.78, 5) is 12.7. The number of aryl methyl sites for hydroxylation is 1. The summed E-state index contributed by atoms with van der Waals surface area (Å²) in [5.41, 5.74) is 4.20. The first-order chi connectivity index (χ1) is 18.9. The second-order valence-corrected chi connectivity index (χ2v) is 13.6. The molecule has 0 unspecified atom stereocenters. The number of rotatable bonds is 15. The number of hydrogen-bond acceptors (Lipinski definition) is 3. The van der Waals surface area contributed by atoms with Crippen molar-refractivity contribution in [1.82, 2.24) is 4.57 Å². The fourth-order valence-electron chi connectivity index (χ4n) is 6.30. The van der Waals surface area contributed by atoms with Crippen molar-refractivity contribution in [3.8, 4) is 11.5 Å². The Morgan fingerprint density at radius 2 is 1.60 bits per heavy atom. The minimum Gasteiger partial charge on any atom is -0.487 e. The van der Waals surface area contributed by atoms with Crippen molar-refractivity contribution in [3.63, 3.8) is 0 Å².